The van der Waals surface area contributed by atoms with E-state index in [2.05, 4.69) is 9.72 Å². The van der Waals surface area contributed by atoms with E-state index in [0.717, 1.165) is 12.0 Å². The third-order valence-electron chi connectivity index (χ3n) is 2.24. The van der Waals surface area contributed by atoms with Crippen LogP contribution < -0.4 is 0 Å². The van der Waals surface area contributed by atoms with Gasteiger partial charge >= 0.3 is 5.97 Å². The molecule has 0 fully saturated rings. The monoisotopic (exact) mass is 233 g/mol. The van der Waals surface area contributed by atoms with E-state index in [0.29, 0.717) is 5.56 Å². The zero-order chi connectivity index (χ0) is 11.4. The fourth-order valence-electron chi connectivity index (χ4n) is 1.41. The molecule has 2 aromatic rings. The van der Waals surface area contributed by atoms with E-state index in [1.165, 1.54) is 12.0 Å². The summed E-state index contributed by atoms with van der Waals surface area (Å²) in [5.41, 5.74) is 3.56. The average Bonchev–Trinajstić information content (AvgIpc) is 2.82. The summed E-state index contributed by atoms with van der Waals surface area (Å²) < 4.78 is 4.64. The highest BCUT2D eigenvalue weighted by Gasteiger charge is 2.04. The molecule has 0 bridgehead atoms. The Morgan fingerprint density at radius 2 is 2.12 bits per heavy atom. The molecule has 1 aromatic heterocycles. The lowest BCUT2D eigenvalue weighted by atomic mass is 10.1. The number of benzene rings is 1. The fourth-order valence-corrected chi connectivity index (χ4v) is 2.04. The van der Waals surface area contributed by atoms with Crippen LogP contribution in [0.1, 0.15) is 20.8 Å². The van der Waals surface area contributed by atoms with Crippen LogP contribution in [0, 0.1) is 0 Å². The van der Waals surface area contributed by atoms with Crippen LogP contribution in [-0.2, 0) is 11.2 Å². The van der Waals surface area contributed by atoms with Gasteiger partial charge in [-0.05, 0) is 17.7 Å². The number of esters is 1. The molecule has 0 spiro atoms. The minimum absolute atomic E-state index is 0.302. The molecule has 0 N–H and O–H groups in total. The lowest BCUT2D eigenvalue weighted by Gasteiger charge is -2.01. The summed E-state index contributed by atoms with van der Waals surface area (Å²) in [6.07, 6.45) is 2.71. The van der Waals surface area contributed by atoms with E-state index in [1.54, 1.807) is 23.5 Å². The van der Waals surface area contributed by atoms with Crippen LogP contribution in [0.25, 0.3) is 0 Å². The molecular weight excluding hydrogens is 222 g/mol. The summed E-state index contributed by atoms with van der Waals surface area (Å²) in [6.45, 7) is 0. The van der Waals surface area contributed by atoms with E-state index in [-0.39, 0.29) is 5.97 Å². The number of thiazole rings is 1. The molecule has 0 saturated heterocycles. The first-order valence-corrected chi connectivity index (χ1v) is 5.72. The molecule has 0 unspecified atom stereocenters. The van der Waals surface area contributed by atoms with Crippen molar-refractivity contribution in [2.24, 2.45) is 0 Å². The van der Waals surface area contributed by atoms with E-state index in [1.807, 2.05) is 23.8 Å². The minimum atomic E-state index is -0.302. The molecule has 16 heavy (non-hydrogen) atoms. The second-order valence-corrected chi connectivity index (χ2v) is 4.30. The van der Waals surface area contributed by atoms with Gasteiger partial charge in [0.25, 0.3) is 0 Å². The van der Waals surface area contributed by atoms with Crippen molar-refractivity contribution in [1.29, 1.82) is 0 Å². The Morgan fingerprint density at radius 3 is 2.69 bits per heavy atom. The van der Waals surface area contributed by atoms with Crippen LogP contribution in [-0.4, -0.2) is 18.1 Å². The Morgan fingerprint density at radius 1 is 1.38 bits per heavy atom. The number of hydrogen-bond donors (Lipinski definition) is 0. The summed E-state index contributed by atoms with van der Waals surface area (Å²) in [5.74, 6) is -0.302. The summed E-state index contributed by atoms with van der Waals surface area (Å²) in [7, 11) is 1.38. The fraction of sp³-hybridized carbons (Fsp3) is 0.167. The van der Waals surface area contributed by atoms with Gasteiger partial charge in [-0.25, -0.2) is 4.79 Å². The third kappa shape index (κ3) is 2.46. The topological polar surface area (TPSA) is 39.2 Å². The van der Waals surface area contributed by atoms with Crippen molar-refractivity contribution in [1.82, 2.24) is 4.98 Å². The number of aromatic nitrogens is 1. The highest BCUT2D eigenvalue weighted by Crippen LogP contribution is 2.14. The molecule has 1 aromatic carbocycles. The van der Waals surface area contributed by atoms with Crippen LogP contribution in [0.5, 0.6) is 0 Å². The maximum atomic E-state index is 11.2. The van der Waals surface area contributed by atoms with Crippen LogP contribution in [0.15, 0.2) is 36.0 Å². The predicted octanol–water partition coefficient (Wildman–Crippen LogP) is 2.52. The van der Waals surface area contributed by atoms with Gasteiger partial charge in [-0.3, -0.25) is 4.98 Å². The van der Waals surface area contributed by atoms with Crippen molar-refractivity contribution in [3.05, 3.63) is 52.0 Å². The Hall–Kier alpha value is -1.68. The molecule has 1 heterocycles. The lowest BCUT2D eigenvalue weighted by molar-refractivity contribution is 0.0601. The molecule has 4 heteroatoms. The van der Waals surface area contributed by atoms with Gasteiger partial charge in [-0.2, -0.15) is 0 Å². The summed E-state index contributed by atoms with van der Waals surface area (Å²) in [6, 6.07) is 7.43. The van der Waals surface area contributed by atoms with Gasteiger partial charge in [0.2, 0.25) is 0 Å². The molecule has 0 aliphatic carbocycles. The first-order chi connectivity index (χ1) is 7.79. The number of carbonyl (C=O) groups is 1. The summed E-state index contributed by atoms with van der Waals surface area (Å²) >= 11 is 1.63. The Kier molecular flexibility index (Phi) is 3.31. The molecule has 0 atom stereocenters. The zero-order valence-corrected chi connectivity index (χ0v) is 9.66. The summed E-state index contributed by atoms with van der Waals surface area (Å²) in [4.78, 5) is 16.4. The van der Waals surface area contributed by atoms with Crippen molar-refractivity contribution in [3.63, 3.8) is 0 Å². The van der Waals surface area contributed by atoms with Crippen molar-refractivity contribution in [3.8, 4) is 0 Å². The van der Waals surface area contributed by atoms with Crippen LogP contribution in [0.3, 0.4) is 0 Å². The average molecular weight is 233 g/mol. The van der Waals surface area contributed by atoms with Crippen LogP contribution >= 0.6 is 11.3 Å². The van der Waals surface area contributed by atoms with Gasteiger partial charge in [-0.1, -0.05) is 12.1 Å². The van der Waals surface area contributed by atoms with Gasteiger partial charge in [0.1, 0.15) is 0 Å². The molecule has 0 aliphatic heterocycles. The second-order valence-electron chi connectivity index (χ2n) is 3.33. The van der Waals surface area contributed by atoms with Gasteiger partial charge in [0.05, 0.1) is 18.2 Å². The summed E-state index contributed by atoms with van der Waals surface area (Å²) in [5, 5.41) is 0. The molecule has 0 saturated carbocycles. The van der Waals surface area contributed by atoms with Crippen LogP contribution in [0.2, 0.25) is 0 Å². The predicted molar refractivity (Wildman–Crippen MR) is 62.7 cm³/mol. The molecule has 0 radical (unpaired) electrons. The maximum absolute atomic E-state index is 11.2. The van der Waals surface area contributed by atoms with Gasteiger partial charge in [-0.15, -0.1) is 11.3 Å². The number of ether oxygens (including phenoxy) is 1. The SMILES string of the molecule is COC(=O)c1ccc(Cc2cncs2)cc1. The number of rotatable bonds is 3. The number of carbonyl (C=O) groups excluding carboxylic acids is 1. The largest absolute Gasteiger partial charge is 0.465 e. The van der Waals surface area contributed by atoms with Crippen molar-refractivity contribution >= 4 is 17.3 Å². The Bertz CT molecular complexity index is 462. The minimum Gasteiger partial charge on any atom is -0.465 e. The van der Waals surface area contributed by atoms with E-state index in [4.69, 9.17) is 0 Å². The molecule has 3 nitrogen and oxygen atoms in total. The van der Waals surface area contributed by atoms with Gasteiger partial charge < -0.3 is 4.74 Å². The lowest BCUT2D eigenvalue weighted by Crippen LogP contribution is -2.00. The smallest absolute Gasteiger partial charge is 0.337 e. The molecule has 0 aliphatic rings. The first-order valence-electron chi connectivity index (χ1n) is 4.84. The quantitative estimate of drug-likeness (QED) is 0.765. The number of methoxy groups -OCH3 is 1. The Labute approximate surface area is 97.7 Å². The normalized spacial score (nSPS) is 10.1. The van der Waals surface area contributed by atoms with Crippen molar-refractivity contribution in [2.75, 3.05) is 7.11 Å². The van der Waals surface area contributed by atoms with Crippen molar-refractivity contribution in [2.45, 2.75) is 6.42 Å². The molecule has 2 rings (SSSR count). The highest BCUT2D eigenvalue weighted by molar-refractivity contribution is 7.09. The van der Waals surface area contributed by atoms with E-state index < -0.39 is 0 Å². The number of hydrogen-bond acceptors (Lipinski definition) is 4. The van der Waals surface area contributed by atoms with E-state index >= 15 is 0 Å². The molecule has 0 amide bonds. The van der Waals surface area contributed by atoms with Gasteiger partial charge in [0, 0.05) is 17.5 Å². The number of nitrogens with zero attached hydrogens (tertiary/aromatic N) is 1. The van der Waals surface area contributed by atoms with Crippen molar-refractivity contribution < 1.29 is 9.53 Å². The van der Waals surface area contributed by atoms with Gasteiger partial charge in [0.15, 0.2) is 0 Å². The zero-order valence-electron chi connectivity index (χ0n) is 8.84. The third-order valence-corrected chi connectivity index (χ3v) is 3.02. The van der Waals surface area contributed by atoms with Crippen LogP contribution in [0.4, 0.5) is 0 Å². The molecule has 82 valence electrons. The second kappa shape index (κ2) is 4.90. The maximum Gasteiger partial charge on any atom is 0.337 e. The Balaban J connectivity index is 2.10. The first kappa shape index (κ1) is 10.8. The standard InChI is InChI=1S/C12H11NO2S/c1-15-12(14)10-4-2-9(3-5-10)6-11-7-13-8-16-11/h2-5,7-8H,6H2,1H3. The van der Waals surface area contributed by atoms with E-state index in [9.17, 15) is 4.79 Å². The molecular formula is C12H11NO2S. The highest BCUT2D eigenvalue weighted by atomic mass is 32.1.